The Balaban J connectivity index is 2.18. The molecule has 2 rings (SSSR count). The van der Waals surface area contributed by atoms with E-state index in [1.165, 1.54) is 24.0 Å². The minimum atomic E-state index is 0.291. The summed E-state index contributed by atoms with van der Waals surface area (Å²) in [6, 6.07) is 0. The van der Waals surface area contributed by atoms with Crippen LogP contribution in [0.15, 0.2) is 34.9 Å². The molecule has 0 saturated heterocycles. The first-order valence-corrected chi connectivity index (χ1v) is 8.35. The lowest BCUT2D eigenvalue weighted by Gasteiger charge is -2.05. The van der Waals surface area contributed by atoms with Crippen molar-refractivity contribution in [2.24, 2.45) is 17.3 Å². The second-order valence-corrected chi connectivity index (χ2v) is 7.61. The van der Waals surface area contributed by atoms with Crippen molar-refractivity contribution in [3.05, 3.63) is 34.9 Å². The zero-order valence-electron chi connectivity index (χ0n) is 14.3. The van der Waals surface area contributed by atoms with Gasteiger partial charge < -0.3 is 0 Å². The summed E-state index contributed by atoms with van der Waals surface area (Å²) in [5.41, 5.74) is 4.19. The number of carbonyl (C=O) groups is 1. The fraction of sp³-hybridized carbons (Fsp3) is 0.650. The van der Waals surface area contributed by atoms with Crippen molar-refractivity contribution in [2.75, 3.05) is 0 Å². The lowest BCUT2D eigenvalue weighted by molar-refractivity contribution is -0.114. The van der Waals surface area contributed by atoms with Crippen molar-refractivity contribution in [2.45, 2.75) is 66.7 Å². The highest BCUT2D eigenvalue weighted by Gasteiger charge is 2.55. The van der Waals surface area contributed by atoms with Gasteiger partial charge in [0.15, 0.2) is 5.78 Å². The van der Waals surface area contributed by atoms with Crippen LogP contribution in [0.1, 0.15) is 66.7 Å². The molecule has 0 N–H and O–H groups in total. The molecule has 2 aliphatic carbocycles. The Bertz CT molecular complexity index is 502. The molecule has 0 aromatic carbocycles. The molecule has 0 aromatic rings. The molecule has 0 radical (unpaired) electrons. The maximum absolute atomic E-state index is 12.2. The molecule has 0 aromatic heterocycles. The predicted octanol–water partition coefficient (Wildman–Crippen LogP) is 5.63. The first-order chi connectivity index (χ1) is 9.82. The van der Waals surface area contributed by atoms with Crippen LogP contribution in [-0.2, 0) is 4.79 Å². The topological polar surface area (TPSA) is 17.1 Å². The van der Waals surface area contributed by atoms with Gasteiger partial charge in [-0.15, -0.1) is 0 Å². The Labute approximate surface area is 130 Å². The summed E-state index contributed by atoms with van der Waals surface area (Å²) in [7, 11) is 0. The molecule has 0 heterocycles. The van der Waals surface area contributed by atoms with Gasteiger partial charge in [0.05, 0.1) is 0 Å². The Morgan fingerprint density at radius 2 is 1.71 bits per heavy atom. The fourth-order valence-corrected chi connectivity index (χ4v) is 3.59. The summed E-state index contributed by atoms with van der Waals surface area (Å²) >= 11 is 0. The van der Waals surface area contributed by atoms with Gasteiger partial charge in [0.1, 0.15) is 0 Å². The Morgan fingerprint density at radius 3 is 2.43 bits per heavy atom. The third-order valence-corrected chi connectivity index (χ3v) is 5.53. The molecule has 1 nitrogen and oxygen atoms in total. The molecule has 1 heteroatoms. The lowest BCUT2D eigenvalue weighted by Crippen LogP contribution is -1.99. The number of fused-ring (bicyclic) bond motifs is 1. The van der Waals surface area contributed by atoms with Gasteiger partial charge in [-0.1, -0.05) is 43.2 Å². The molecular formula is C20H30O. The van der Waals surface area contributed by atoms with Crippen molar-refractivity contribution in [3.8, 4) is 0 Å². The normalized spacial score (nSPS) is 38.0. The highest BCUT2D eigenvalue weighted by Crippen LogP contribution is 2.61. The summed E-state index contributed by atoms with van der Waals surface area (Å²) in [6.45, 7) is 11.1. The SMILES string of the molecule is C/C1=C/CC(=O)/C(C)=C/[C@@H]2[C@H](CC/C(C)=C\CC1)C2(C)C. The van der Waals surface area contributed by atoms with Crippen LogP contribution in [0, 0.1) is 17.3 Å². The van der Waals surface area contributed by atoms with Crippen molar-refractivity contribution in [3.63, 3.8) is 0 Å². The first-order valence-electron chi connectivity index (χ1n) is 8.35. The molecule has 0 amide bonds. The largest absolute Gasteiger partial charge is 0.294 e. The van der Waals surface area contributed by atoms with E-state index in [2.05, 4.69) is 45.9 Å². The summed E-state index contributed by atoms with van der Waals surface area (Å²) < 4.78 is 0. The lowest BCUT2D eigenvalue weighted by atomic mass is 10.0. The van der Waals surface area contributed by atoms with Crippen LogP contribution in [0.2, 0.25) is 0 Å². The maximum atomic E-state index is 12.2. The summed E-state index contributed by atoms with van der Waals surface area (Å²) in [5.74, 6) is 1.62. The third kappa shape index (κ3) is 3.96. The van der Waals surface area contributed by atoms with E-state index in [4.69, 9.17) is 0 Å². The smallest absolute Gasteiger partial charge is 0.162 e. The van der Waals surface area contributed by atoms with Crippen LogP contribution in [0.5, 0.6) is 0 Å². The minimum Gasteiger partial charge on any atom is -0.294 e. The van der Waals surface area contributed by atoms with Gasteiger partial charge in [-0.25, -0.2) is 0 Å². The van der Waals surface area contributed by atoms with Crippen molar-refractivity contribution < 1.29 is 4.79 Å². The van der Waals surface area contributed by atoms with E-state index in [0.29, 0.717) is 23.5 Å². The number of hydrogen-bond donors (Lipinski definition) is 0. The molecule has 21 heavy (non-hydrogen) atoms. The molecule has 2 aliphatic rings. The Hall–Kier alpha value is -1.11. The second-order valence-electron chi connectivity index (χ2n) is 7.61. The Kier molecular flexibility index (Phi) is 4.91. The number of ketones is 1. The number of hydrogen-bond acceptors (Lipinski definition) is 1. The average Bonchev–Trinajstić information content (AvgIpc) is 2.93. The zero-order chi connectivity index (χ0) is 15.6. The third-order valence-electron chi connectivity index (χ3n) is 5.53. The summed E-state index contributed by atoms with van der Waals surface area (Å²) in [4.78, 5) is 12.2. The van der Waals surface area contributed by atoms with Crippen LogP contribution in [-0.4, -0.2) is 5.78 Å². The van der Waals surface area contributed by atoms with E-state index < -0.39 is 0 Å². The Morgan fingerprint density at radius 1 is 1.05 bits per heavy atom. The molecule has 1 saturated carbocycles. The molecule has 0 bridgehead atoms. The van der Waals surface area contributed by atoms with Crippen molar-refractivity contribution in [1.82, 2.24) is 0 Å². The molecule has 0 aliphatic heterocycles. The summed E-state index contributed by atoms with van der Waals surface area (Å²) in [6.07, 6.45) is 12.0. The number of carbonyl (C=O) groups excluding carboxylic acids is 1. The molecule has 0 unspecified atom stereocenters. The van der Waals surface area contributed by atoms with Crippen LogP contribution in [0.3, 0.4) is 0 Å². The standard InChI is InChI=1S/C20H30O/c1-14-7-6-8-15(2)10-12-19(21)16(3)13-18-17(11-9-14)20(18,4)5/h7,10,13,17-18H,6,8-9,11-12H2,1-5H3/b14-7-,15-10-,16-13+/t17-,18+/m0/s1. The van der Waals surface area contributed by atoms with Crippen molar-refractivity contribution in [1.29, 1.82) is 0 Å². The number of allylic oxidation sites excluding steroid dienone is 6. The van der Waals surface area contributed by atoms with Gasteiger partial charge in [-0.2, -0.15) is 0 Å². The van der Waals surface area contributed by atoms with E-state index in [1.807, 2.05) is 6.92 Å². The van der Waals surface area contributed by atoms with Gasteiger partial charge in [-0.05, 0) is 69.3 Å². The minimum absolute atomic E-state index is 0.291. The van der Waals surface area contributed by atoms with Gasteiger partial charge in [0, 0.05) is 6.42 Å². The predicted molar refractivity (Wildman–Crippen MR) is 90.1 cm³/mol. The van der Waals surface area contributed by atoms with E-state index in [1.54, 1.807) is 0 Å². The highest BCUT2D eigenvalue weighted by molar-refractivity contribution is 5.95. The molecule has 1 fully saturated rings. The second kappa shape index (κ2) is 6.34. The molecule has 0 spiro atoms. The summed E-state index contributed by atoms with van der Waals surface area (Å²) in [5, 5.41) is 0. The fourth-order valence-electron chi connectivity index (χ4n) is 3.59. The first kappa shape index (κ1) is 16.3. The van der Waals surface area contributed by atoms with Crippen LogP contribution in [0.25, 0.3) is 0 Å². The van der Waals surface area contributed by atoms with Crippen LogP contribution < -0.4 is 0 Å². The molecule has 116 valence electrons. The monoisotopic (exact) mass is 286 g/mol. The average molecular weight is 286 g/mol. The zero-order valence-corrected chi connectivity index (χ0v) is 14.3. The van der Waals surface area contributed by atoms with Gasteiger partial charge in [0.2, 0.25) is 0 Å². The van der Waals surface area contributed by atoms with Gasteiger partial charge in [0.25, 0.3) is 0 Å². The van der Waals surface area contributed by atoms with E-state index in [-0.39, 0.29) is 0 Å². The van der Waals surface area contributed by atoms with Crippen LogP contribution in [0.4, 0.5) is 0 Å². The van der Waals surface area contributed by atoms with E-state index >= 15 is 0 Å². The number of rotatable bonds is 0. The van der Waals surface area contributed by atoms with Crippen molar-refractivity contribution >= 4 is 5.78 Å². The van der Waals surface area contributed by atoms with E-state index in [0.717, 1.165) is 24.3 Å². The number of Topliss-reactive ketones (excluding diaryl/α,β-unsaturated/α-hetero) is 1. The molecular weight excluding hydrogens is 256 g/mol. The van der Waals surface area contributed by atoms with E-state index in [9.17, 15) is 4.79 Å². The highest BCUT2D eigenvalue weighted by atomic mass is 16.1. The van der Waals surface area contributed by atoms with Crippen LogP contribution >= 0.6 is 0 Å². The quantitative estimate of drug-likeness (QED) is 0.527. The van der Waals surface area contributed by atoms with Gasteiger partial charge in [-0.3, -0.25) is 4.79 Å². The maximum Gasteiger partial charge on any atom is 0.162 e. The van der Waals surface area contributed by atoms with Gasteiger partial charge >= 0.3 is 0 Å². The molecule has 2 atom stereocenters.